The number of aryl methyl sites for hydroxylation is 18. The van der Waals surface area contributed by atoms with E-state index in [1.165, 1.54) is 201 Å². The fourth-order valence-corrected chi connectivity index (χ4v) is 16.4. The molecule has 0 spiro atoms. The Kier molecular flexibility index (Phi) is 23.0. The second-order valence-electron chi connectivity index (χ2n) is 31.9. The number of fused-ring (bicyclic) bond motifs is 6. The molecule has 18 rings (SSSR count). The monoisotopic (exact) mass is 1510 g/mol. The van der Waals surface area contributed by atoms with Crippen molar-refractivity contribution in [3.05, 3.63) is 357 Å². The molecule has 576 valence electrons. The van der Waals surface area contributed by atoms with Gasteiger partial charge < -0.3 is 8.80 Å². The summed E-state index contributed by atoms with van der Waals surface area (Å²) in [7, 11) is 12.7. The maximum atomic E-state index is 2.28. The van der Waals surface area contributed by atoms with Gasteiger partial charge in [0.25, 0.3) is 11.3 Å². The zero-order valence-electron chi connectivity index (χ0n) is 71.6. The molecule has 0 unspecified atom stereocenters. The van der Waals surface area contributed by atoms with Crippen molar-refractivity contribution in [3.63, 3.8) is 0 Å². The van der Waals surface area contributed by atoms with E-state index in [1.807, 2.05) is 0 Å². The Bertz CT molecular complexity index is 6290. The Labute approximate surface area is 674 Å². The number of aromatic nitrogens is 12. The van der Waals surface area contributed by atoms with E-state index in [9.17, 15) is 0 Å². The van der Waals surface area contributed by atoms with Crippen molar-refractivity contribution in [2.45, 2.75) is 125 Å². The highest BCUT2D eigenvalue weighted by atomic mass is 15.3. The number of imidazole rings is 1. The Morgan fingerprint density at radius 1 is 0.263 bits per heavy atom. The minimum Gasteiger partial charge on any atom is -0.312 e. The summed E-state index contributed by atoms with van der Waals surface area (Å²) in [6, 6.07) is 61.4. The van der Waals surface area contributed by atoms with E-state index in [0.717, 1.165) is 0 Å². The molecule has 114 heavy (non-hydrogen) atoms. The van der Waals surface area contributed by atoms with Gasteiger partial charge in [0.05, 0.1) is 80.6 Å². The van der Waals surface area contributed by atoms with Gasteiger partial charge in [-0.3, -0.25) is 0 Å². The molecule has 0 aliphatic carbocycles. The van der Waals surface area contributed by atoms with Crippen molar-refractivity contribution < 1.29 is 27.5 Å². The predicted molar refractivity (Wildman–Crippen MR) is 469 cm³/mol. The van der Waals surface area contributed by atoms with E-state index < -0.39 is 0 Å². The maximum Gasteiger partial charge on any atom is 0.293 e. The van der Waals surface area contributed by atoms with E-state index in [-0.39, 0.29) is 0 Å². The van der Waals surface area contributed by atoms with Crippen LogP contribution in [0.2, 0.25) is 0 Å². The van der Waals surface area contributed by atoms with E-state index in [0.29, 0.717) is 0 Å². The number of hydrogen-bond donors (Lipinski definition) is 0. The van der Waals surface area contributed by atoms with Crippen LogP contribution in [0.4, 0.5) is 0 Å². The third-order valence-corrected chi connectivity index (χ3v) is 23.4. The summed E-state index contributed by atoms with van der Waals surface area (Å²) in [5.41, 5.74) is 47.0. The molecule has 6 aromatic carbocycles. The summed E-state index contributed by atoms with van der Waals surface area (Å²) in [6.45, 7) is 39.3. The van der Waals surface area contributed by atoms with Gasteiger partial charge in [-0.25, -0.2) is 26.9 Å². The molecular weight excluding hydrogens is 1390 g/mol. The molecule has 0 saturated heterocycles. The predicted octanol–water partition coefficient (Wildman–Crippen LogP) is 20.1. The van der Waals surface area contributed by atoms with Crippen LogP contribution >= 0.6 is 0 Å². The Hall–Kier alpha value is -12.5. The average Bonchev–Trinajstić information content (AvgIpc) is 1.63. The molecule has 0 N–H and O–H groups in total. The Morgan fingerprint density at radius 3 is 1.29 bits per heavy atom. The molecule has 0 atom stereocenters. The van der Waals surface area contributed by atoms with Gasteiger partial charge >= 0.3 is 0 Å². The first-order valence-electron chi connectivity index (χ1n) is 39.7. The number of pyridine rings is 1. The van der Waals surface area contributed by atoms with Gasteiger partial charge in [-0.05, 0) is 300 Å². The zero-order valence-corrected chi connectivity index (χ0v) is 71.6. The summed E-state index contributed by atoms with van der Waals surface area (Å²) in [5, 5.41) is 0. The summed E-state index contributed by atoms with van der Waals surface area (Å²) in [6.07, 6.45) is 29.6. The molecule has 12 aromatic heterocycles. The largest absolute Gasteiger partial charge is 0.312 e. The number of benzene rings is 6. The highest BCUT2D eigenvalue weighted by molar-refractivity contribution is 5.80. The van der Waals surface area contributed by atoms with Gasteiger partial charge in [0.15, 0.2) is 19.4 Å². The smallest absolute Gasteiger partial charge is 0.293 e. The van der Waals surface area contributed by atoms with Crippen LogP contribution in [0.1, 0.15) is 100 Å². The summed E-state index contributed by atoms with van der Waals surface area (Å²) in [4.78, 5) is 0. The molecule has 0 aliphatic rings. The molecule has 18 aromatic rings. The molecule has 12 heteroatoms. The van der Waals surface area contributed by atoms with E-state index in [1.54, 1.807) is 0 Å². The van der Waals surface area contributed by atoms with Crippen LogP contribution in [-0.4, -0.2) is 26.5 Å². The lowest BCUT2D eigenvalue weighted by Crippen LogP contribution is -2.39. The van der Waals surface area contributed by atoms with Gasteiger partial charge in [-0.1, -0.05) is 75.8 Å². The zero-order chi connectivity index (χ0) is 81.4. The molecule has 0 amide bonds. The highest BCUT2D eigenvalue weighted by Gasteiger charge is 2.23. The van der Waals surface area contributed by atoms with Crippen molar-refractivity contribution in [2.24, 2.45) is 42.3 Å². The Morgan fingerprint density at radius 2 is 0.693 bits per heavy atom. The minimum atomic E-state index is 1.20. The lowest BCUT2D eigenvalue weighted by molar-refractivity contribution is -0.730. The van der Waals surface area contributed by atoms with Crippen molar-refractivity contribution in [3.8, 4) is 67.4 Å². The molecular formula is C102H114N12+6. The van der Waals surface area contributed by atoms with Crippen LogP contribution in [0.3, 0.4) is 0 Å². The van der Waals surface area contributed by atoms with Crippen LogP contribution in [0.25, 0.3) is 101 Å². The standard InChI is InChI=1S/6C17H19N2/c1-12-10-13(2)14(3)16(11-12)17-8-7-15-6-5-9-19(15)18(17)4;1-12-10-13(2)14(3)15(11-12)16-7-9-19-8-5-6-17(19)18(16)4;1-12-8-13(2)14(3)16(9-12)17-11-19-7-5-6-15(19)10-18(17)4;1-12-8-13(2)14(3)16(9-12)17-10-15-6-5-7-19(15)11-18(17)4;1-12-10-13(2)14(3)15(11-12)17-16-6-5-7-19(16)9-8-18(17)4;1-12-10-13(2)14(3)16(11-12)15-6-5-7-19-9-8-18(4)17(15)19/h6*5-11H,1-4H3/q6*+1. The molecule has 0 saturated carbocycles. The van der Waals surface area contributed by atoms with Crippen LogP contribution in [0.5, 0.6) is 0 Å². The van der Waals surface area contributed by atoms with Gasteiger partial charge in [-0.2, -0.15) is 9.13 Å². The van der Waals surface area contributed by atoms with Crippen molar-refractivity contribution >= 4 is 33.4 Å². The highest BCUT2D eigenvalue weighted by Crippen LogP contribution is 2.33. The molecule has 0 radical (unpaired) electrons. The van der Waals surface area contributed by atoms with Crippen molar-refractivity contribution in [1.29, 1.82) is 0 Å². The molecule has 12 heterocycles. The van der Waals surface area contributed by atoms with E-state index >= 15 is 0 Å². The first-order chi connectivity index (χ1) is 54.4. The third kappa shape index (κ3) is 16.3. The Balaban J connectivity index is 0.000000119. The van der Waals surface area contributed by atoms with Gasteiger partial charge in [0, 0.05) is 47.8 Å². The molecule has 0 bridgehead atoms. The fourth-order valence-electron chi connectivity index (χ4n) is 16.4. The van der Waals surface area contributed by atoms with Gasteiger partial charge in [0.2, 0.25) is 23.4 Å². The summed E-state index contributed by atoms with van der Waals surface area (Å²) < 4.78 is 26.2. The van der Waals surface area contributed by atoms with E-state index in [4.69, 9.17) is 0 Å². The van der Waals surface area contributed by atoms with Gasteiger partial charge in [0.1, 0.15) is 66.1 Å². The lowest BCUT2D eigenvalue weighted by atomic mass is 9.95. The summed E-state index contributed by atoms with van der Waals surface area (Å²) in [5.74, 6) is 0. The average molecular weight is 1510 g/mol. The SMILES string of the molecule is Cc1cc(C)c(C)c(-c2c3cccn3cc[n+]2C)c1.Cc1cc(C)c(C)c(-c2cc3cccn3c[n+]2C)c1.Cc1cc(C)c(C)c(-c2ccc3cccn3[n+]2C)c1.Cc1cc(C)c(C)c(-c2cccn3cc[n+](C)c23)c1.Cc1cc(C)c(C)c(-c2ccn3cccc3[n+]2C)c1.Cc1cc(C)c(C)c(-c2cn3cccc3c[n+]2C)c1. The van der Waals surface area contributed by atoms with Gasteiger partial charge in [-0.15, -0.1) is 9.20 Å². The number of hydrogen-bond acceptors (Lipinski definition) is 0. The second-order valence-corrected chi connectivity index (χ2v) is 31.9. The van der Waals surface area contributed by atoms with E-state index in [2.05, 4.69) is 478 Å². The third-order valence-electron chi connectivity index (χ3n) is 23.4. The van der Waals surface area contributed by atoms with Crippen molar-refractivity contribution in [2.75, 3.05) is 0 Å². The number of rotatable bonds is 6. The van der Waals surface area contributed by atoms with Crippen LogP contribution in [0.15, 0.2) is 257 Å². The van der Waals surface area contributed by atoms with Crippen LogP contribution < -0.4 is 27.5 Å². The minimum absolute atomic E-state index is 1.20. The first-order valence-corrected chi connectivity index (χ1v) is 39.7. The molecule has 0 fully saturated rings. The van der Waals surface area contributed by atoms with Crippen LogP contribution in [0, 0.1) is 125 Å². The normalized spacial score (nSPS) is 11.2. The lowest BCUT2D eigenvalue weighted by Gasteiger charge is -2.11. The first kappa shape index (κ1) is 79.5. The van der Waals surface area contributed by atoms with Crippen LogP contribution in [-0.2, 0) is 42.3 Å². The quantitative estimate of drug-likeness (QED) is 0.149. The second kappa shape index (κ2) is 33.0. The summed E-state index contributed by atoms with van der Waals surface area (Å²) >= 11 is 0. The fraction of sp³-hybridized carbons (Fsp3) is 0.235. The maximum absolute atomic E-state index is 2.28. The molecule has 0 aliphatic heterocycles. The molecule has 12 nitrogen and oxygen atoms in total. The number of nitrogens with zero attached hydrogens (tertiary/aromatic N) is 12. The van der Waals surface area contributed by atoms with Crippen molar-refractivity contribution in [1.82, 2.24) is 26.5 Å². The topological polar surface area (TPSA) is 49.7 Å².